The highest BCUT2D eigenvalue weighted by atomic mass is 32.2. The van der Waals surface area contributed by atoms with E-state index >= 15 is 0 Å². The van der Waals surface area contributed by atoms with Crippen molar-refractivity contribution < 1.29 is 13.2 Å². The first-order valence-electron chi connectivity index (χ1n) is 7.58. The lowest BCUT2D eigenvalue weighted by Gasteiger charge is -2.20. The van der Waals surface area contributed by atoms with Gasteiger partial charge in [-0.25, -0.2) is 8.42 Å². The largest absolute Gasteiger partial charge is 0.497 e. The zero-order chi connectivity index (χ0) is 16.4. The number of aromatic nitrogens is 1. The predicted molar refractivity (Wildman–Crippen MR) is 87.9 cm³/mol. The van der Waals surface area contributed by atoms with Crippen molar-refractivity contribution in [3.05, 3.63) is 54.4 Å². The Labute approximate surface area is 137 Å². The van der Waals surface area contributed by atoms with Crippen molar-refractivity contribution >= 4 is 10.0 Å². The SMILES string of the molecule is COc1ccc([C@H]2C[C@H](C)N(S(=O)(=O)c3cccnc3)C2)cc1. The molecule has 1 fully saturated rings. The van der Waals surface area contributed by atoms with Crippen LogP contribution in [0.15, 0.2) is 53.7 Å². The summed E-state index contributed by atoms with van der Waals surface area (Å²) in [7, 11) is -1.86. The molecule has 1 aromatic carbocycles. The van der Waals surface area contributed by atoms with E-state index in [0.29, 0.717) is 6.54 Å². The van der Waals surface area contributed by atoms with Gasteiger partial charge in [-0.05, 0) is 49.1 Å². The van der Waals surface area contributed by atoms with Crippen molar-refractivity contribution in [3.8, 4) is 5.75 Å². The van der Waals surface area contributed by atoms with Gasteiger partial charge in [-0.2, -0.15) is 4.31 Å². The van der Waals surface area contributed by atoms with Crippen LogP contribution in [0.5, 0.6) is 5.75 Å². The molecule has 1 saturated heterocycles. The lowest BCUT2D eigenvalue weighted by atomic mass is 9.97. The van der Waals surface area contributed by atoms with Gasteiger partial charge in [-0.3, -0.25) is 4.98 Å². The molecule has 1 aliphatic heterocycles. The second-order valence-electron chi connectivity index (χ2n) is 5.82. The van der Waals surface area contributed by atoms with E-state index in [1.807, 2.05) is 31.2 Å². The molecule has 2 atom stereocenters. The maximum atomic E-state index is 12.8. The average molecular weight is 332 g/mol. The molecule has 122 valence electrons. The highest BCUT2D eigenvalue weighted by Gasteiger charge is 2.38. The van der Waals surface area contributed by atoms with Crippen LogP contribution in [0.4, 0.5) is 0 Å². The molecule has 1 aromatic heterocycles. The maximum Gasteiger partial charge on any atom is 0.244 e. The minimum absolute atomic E-state index is 0.0349. The Hall–Kier alpha value is -1.92. The van der Waals surface area contributed by atoms with Gasteiger partial charge in [-0.1, -0.05) is 12.1 Å². The second-order valence-corrected chi connectivity index (χ2v) is 7.71. The predicted octanol–water partition coefficient (Wildman–Crippen LogP) is 2.66. The number of hydrogen-bond donors (Lipinski definition) is 0. The number of hydrogen-bond acceptors (Lipinski definition) is 4. The van der Waals surface area contributed by atoms with Gasteiger partial charge >= 0.3 is 0 Å². The Morgan fingerprint density at radius 2 is 1.96 bits per heavy atom. The maximum absolute atomic E-state index is 12.8. The normalized spacial score (nSPS) is 22.2. The van der Waals surface area contributed by atoms with E-state index in [1.54, 1.807) is 29.7 Å². The van der Waals surface area contributed by atoms with E-state index in [1.165, 1.54) is 6.20 Å². The minimum Gasteiger partial charge on any atom is -0.497 e. The van der Waals surface area contributed by atoms with Crippen molar-refractivity contribution in [1.82, 2.24) is 9.29 Å². The zero-order valence-electron chi connectivity index (χ0n) is 13.2. The highest BCUT2D eigenvalue weighted by molar-refractivity contribution is 7.89. The molecule has 23 heavy (non-hydrogen) atoms. The van der Waals surface area contributed by atoms with Crippen molar-refractivity contribution in [2.45, 2.75) is 30.2 Å². The lowest BCUT2D eigenvalue weighted by molar-refractivity contribution is 0.407. The van der Waals surface area contributed by atoms with Crippen LogP contribution in [0.2, 0.25) is 0 Å². The Morgan fingerprint density at radius 3 is 2.57 bits per heavy atom. The summed E-state index contributed by atoms with van der Waals surface area (Å²) in [6.45, 7) is 2.45. The van der Waals surface area contributed by atoms with Crippen LogP contribution in [0.25, 0.3) is 0 Å². The van der Waals surface area contributed by atoms with Gasteiger partial charge in [0.15, 0.2) is 0 Å². The van der Waals surface area contributed by atoms with Gasteiger partial charge < -0.3 is 4.74 Å². The molecule has 0 radical (unpaired) electrons. The number of rotatable bonds is 4. The molecule has 6 heteroatoms. The van der Waals surface area contributed by atoms with Gasteiger partial charge in [0.2, 0.25) is 10.0 Å². The van der Waals surface area contributed by atoms with Gasteiger partial charge in [0.25, 0.3) is 0 Å². The molecule has 0 bridgehead atoms. The van der Waals surface area contributed by atoms with E-state index < -0.39 is 10.0 Å². The number of sulfonamides is 1. The van der Waals surface area contributed by atoms with Crippen molar-refractivity contribution in [1.29, 1.82) is 0 Å². The van der Waals surface area contributed by atoms with E-state index in [0.717, 1.165) is 17.7 Å². The quantitative estimate of drug-likeness (QED) is 0.864. The van der Waals surface area contributed by atoms with Gasteiger partial charge in [0.05, 0.1) is 7.11 Å². The lowest BCUT2D eigenvalue weighted by Crippen LogP contribution is -2.34. The minimum atomic E-state index is -3.50. The van der Waals surface area contributed by atoms with Crippen LogP contribution >= 0.6 is 0 Å². The summed E-state index contributed by atoms with van der Waals surface area (Å²) in [5.74, 6) is 1.00. The summed E-state index contributed by atoms with van der Waals surface area (Å²) in [5.41, 5.74) is 1.14. The summed E-state index contributed by atoms with van der Waals surface area (Å²) in [5, 5.41) is 0. The number of pyridine rings is 1. The van der Waals surface area contributed by atoms with E-state index in [9.17, 15) is 8.42 Å². The van der Waals surface area contributed by atoms with E-state index in [-0.39, 0.29) is 16.9 Å². The first-order chi connectivity index (χ1) is 11.0. The summed E-state index contributed by atoms with van der Waals surface area (Å²) < 4.78 is 32.3. The van der Waals surface area contributed by atoms with Gasteiger partial charge in [-0.15, -0.1) is 0 Å². The zero-order valence-corrected chi connectivity index (χ0v) is 14.0. The number of ether oxygens (including phenoxy) is 1. The molecule has 0 saturated carbocycles. The molecular formula is C17H20N2O3S. The molecule has 5 nitrogen and oxygen atoms in total. The Bertz CT molecular complexity index is 760. The fourth-order valence-electron chi connectivity index (χ4n) is 3.09. The van der Waals surface area contributed by atoms with Crippen molar-refractivity contribution in [2.24, 2.45) is 0 Å². The van der Waals surface area contributed by atoms with E-state index in [2.05, 4.69) is 4.98 Å². The molecule has 2 heterocycles. The molecular weight excluding hydrogens is 312 g/mol. The van der Waals surface area contributed by atoms with E-state index in [4.69, 9.17) is 4.74 Å². The van der Waals surface area contributed by atoms with Crippen LogP contribution in [-0.4, -0.2) is 37.4 Å². The molecule has 1 aliphatic rings. The second kappa shape index (κ2) is 6.29. The molecule has 0 amide bonds. The standard InChI is InChI=1S/C17H20N2O3S/c1-13-10-15(14-5-7-16(22-2)8-6-14)12-19(13)23(20,21)17-4-3-9-18-11-17/h3-9,11,13,15H,10,12H2,1-2H3/t13-,15-/m0/s1. The number of nitrogens with zero attached hydrogens (tertiary/aromatic N) is 2. The molecule has 0 N–H and O–H groups in total. The van der Waals surface area contributed by atoms with Crippen molar-refractivity contribution in [3.63, 3.8) is 0 Å². The number of benzene rings is 1. The Balaban J connectivity index is 1.83. The average Bonchev–Trinajstić information content (AvgIpc) is 2.98. The van der Waals surface area contributed by atoms with Gasteiger partial charge in [0.1, 0.15) is 10.6 Å². The Morgan fingerprint density at radius 1 is 1.22 bits per heavy atom. The van der Waals surface area contributed by atoms with Crippen LogP contribution < -0.4 is 4.74 Å². The topological polar surface area (TPSA) is 59.5 Å². The first kappa shape index (κ1) is 16.0. The molecule has 3 rings (SSSR count). The van der Waals surface area contributed by atoms with Crippen LogP contribution in [0.3, 0.4) is 0 Å². The van der Waals surface area contributed by atoms with Crippen LogP contribution in [0, 0.1) is 0 Å². The van der Waals surface area contributed by atoms with Crippen molar-refractivity contribution in [2.75, 3.05) is 13.7 Å². The fraction of sp³-hybridized carbons (Fsp3) is 0.353. The number of methoxy groups -OCH3 is 1. The third kappa shape index (κ3) is 3.09. The van der Waals surface area contributed by atoms with Crippen LogP contribution in [-0.2, 0) is 10.0 Å². The van der Waals surface area contributed by atoms with Gasteiger partial charge in [0, 0.05) is 25.0 Å². The summed E-state index contributed by atoms with van der Waals surface area (Å²) in [6, 6.07) is 11.1. The molecule has 0 aliphatic carbocycles. The third-order valence-electron chi connectivity index (χ3n) is 4.35. The Kier molecular flexibility index (Phi) is 4.37. The first-order valence-corrected chi connectivity index (χ1v) is 9.02. The fourth-order valence-corrected chi connectivity index (χ4v) is 4.74. The monoisotopic (exact) mass is 332 g/mol. The summed E-state index contributed by atoms with van der Waals surface area (Å²) >= 11 is 0. The summed E-state index contributed by atoms with van der Waals surface area (Å²) in [6.07, 6.45) is 3.79. The molecule has 2 aromatic rings. The smallest absolute Gasteiger partial charge is 0.244 e. The highest BCUT2D eigenvalue weighted by Crippen LogP contribution is 2.35. The molecule has 0 spiro atoms. The van der Waals surface area contributed by atoms with Crippen LogP contribution in [0.1, 0.15) is 24.8 Å². The summed E-state index contributed by atoms with van der Waals surface area (Å²) in [4.78, 5) is 4.18. The molecule has 0 unspecified atom stereocenters. The third-order valence-corrected chi connectivity index (χ3v) is 6.31.